The first-order valence-corrected chi connectivity index (χ1v) is 11.2. The third-order valence-electron chi connectivity index (χ3n) is 5.38. The number of carbonyl (C=O) groups excluding carboxylic acids is 1. The smallest absolute Gasteiger partial charge is 0.234 e. The highest BCUT2D eigenvalue weighted by molar-refractivity contribution is 7.99. The van der Waals surface area contributed by atoms with Crippen LogP contribution in [0.15, 0.2) is 59.8 Å². The average Bonchev–Trinajstić information content (AvgIpc) is 3.14. The molecule has 0 atom stereocenters. The van der Waals surface area contributed by atoms with Crippen LogP contribution in [0.25, 0.3) is 11.1 Å². The zero-order valence-corrected chi connectivity index (χ0v) is 17.5. The fourth-order valence-electron chi connectivity index (χ4n) is 3.91. The number of hydrogen-bond donors (Lipinski definition) is 1. The second-order valence-corrected chi connectivity index (χ2v) is 8.41. The van der Waals surface area contributed by atoms with Gasteiger partial charge in [-0.2, -0.15) is 0 Å². The Morgan fingerprint density at radius 2 is 1.69 bits per heavy atom. The molecule has 1 amide bonds. The molecule has 2 aromatic carbocycles. The zero-order chi connectivity index (χ0) is 20.1. The largest absolute Gasteiger partial charge is 0.325 e. The van der Waals surface area contributed by atoms with Gasteiger partial charge in [0.1, 0.15) is 5.82 Å². The van der Waals surface area contributed by atoms with E-state index in [1.165, 1.54) is 49.4 Å². The minimum absolute atomic E-state index is 0.0293. The summed E-state index contributed by atoms with van der Waals surface area (Å²) in [6, 6.07) is 18.6. The minimum Gasteiger partial charge on any atom is -0.325 e. The highest BCUT2D eigenvalue weighted by atomic mass is 32.2. The Kier molecular flexibility index (Phi) is 6.30. The van der Waals surface area contributed by atoms with Gasteiger partial charge in [0, 0.05) is 11.7 Å². The molecule has 29 heavy (non-hydrogen) atoms. The van der Waals surface area contributed by atoms with E-state index in [1.54, 1.807) is 0 Å². The predicted octanol–water partition coefficient (Wildman–Crippen LogP) is 5.49. The predicted molar refractivity (Wildman–Crippen MR) is 118 cm³/mol. The molecule has 1 aliphatic rings. The van der Waals surface area contributed by atoms with Crippen molar-refractivity contribution in [1.82, 2.24) is 14.8 Å². The van der Waals surface area contributed by atoms with E-state index in [0.717, 1.165) is 22.2 Å². The standard InChI is InChI=1S/C23H26N4OS/c1-17-25-26-23(27(17)21-10-6-3-7-11-21)29-16-22(28)24-20-14-12-19(13-15-20)18-8-4-2-5-9-18/h2,4-5,8-9,12-15,21H,3,6-7,10-11,16H2,1H3,(H,24,28). The number of benzene rings is 2. The van der Waals surface area contributed by atoms with E-state index in [-0.39, 0.29) is 5.91 Å². The van der Waals surface area contributed by atoms with Crippen LogP contribution in [-0.4, -0.2) is 26.4 Å². The highest BCUT2D eigenvalue weighted by Gasteiger charge is 2.21. The molecule has 150 valence electrons. The number of hydrogen-bond acceptors (Lipinski definition) is 4. The lowest BCUT2D eigenvalue weighted by atomic mass is 9.95. The molecule has 5 nitrogen and oxygen atoms in total. The van der Waals surface area contributed by atoms with Gasteiger partial charge >= 0.3 is 0 Å². The molecule has 1 N–H and O–H groups in total. The van der Waals surface area contributed by atoms with Crippen molar-refractivity contribution < 1.29 is 4.79 Å². The molecular formula is C23H26N4OS. The normalized spacial score (nSPS) is 14.7. The molecule has 0 unspecified atom stereocenters. The Morgan fingerprint density at radius 1 is 1.00 bits per heavy atom. The summed E-state index contributed by atoms with van der Waals surface area (Å²) >= 11 is 1.47. The summed E-state index contributed by atoms with van der Waals surface area (Å²) in [5.74, 6) is 1.24. The van der Waals surface area contributed by atoms with E-state index in [4.69, 9.17) is 0 Å². The maximum atomic E-state index is 12.4. The summed E-state index contributed by atoms with van der Waals surface area (Å²) in [5.41, 5.74) is 3.10. The van der Waals surface area contributed by atoms with E-state index in [9.17, 15) is 4.79 Å². The van der Waals surface area contributed by atoms with Crippen molar-refractivity contribution in [3.8, 4) is 11.1 Å². The number of aromatic nitrogens is 3. The van der Waals surface area contributed by atoms with Gasteiger partial charge in [-0.05, 0) is 43.0 Å². The lowest BCUT2D eigenvalue weighted by molar-refractivity contribution is -0.113. The molecule has 0 spiro atoms. The molecule has 4 rings (SSSR count). The average molecular weight is 407 g/mol. The summed E-state index contributed by atoms with van der Waals surface area (Å²) in [6.07, 6.45) is 6.17. The van der Waals surface area contributed by atoms with E-state index in [0.29, 0.717) is 11.8 Å². The fourth-order valence-corrected chi connectivity index (χ4v) is 4.76. The number of rotatable bonds is 6. The highest BCUT2D eigenvalue weighted by Crippen LogP contribution is 2.32. The van der Waals surface area contributed by atoms with Gasteiger partial charge in [-0.15, -0.1) is 10.2 Å². The van der Waals surface area contributed by atoms with Crippen molar-refractivity contribution in [2.45, 2.75) is 50.2 Å². The van der Waals surface area contributed by atoms with E-state index < -0.39 is 0 Å². The summed E-state index contributed by atoms with van der Waals surface area (Å²) < 4.78 is 2.23. The Bertz CT molecular complexity index is 947. The maximum Gasteiger partial charge on any atom is 0.234 e. The Labute approximate surface area is 175 Å². The summed E-state index contributed by atoms with van der Waals surface area (Å²) in [7, 11) is 0. The monoisotopic (exact) mass is 406 g/mol. The van der Waals surface area contributed by atoms with Crippen molar-refractivity contribution in [2.24, 2.45) is 0 Å². The number of aryl methyl sites for hydroxylation is 1. The minimum atomic E-state index is -0.0293. The lowest BCUT2D eigenvalue weighted by Crippen LogP contribution is -2.17. The van der Waals surface area contributed by atoms with Gasteiger partial charge in [-0.25, -0.2) is 0 Å². The number of nitrogens with zero attached hydrogens (tertiary/aromatic N) is 3. The van der Waals surface area contributed by atoms with Crippen molar-refractivity contribution >= 4 is 23.4 Å². The summed E-state index contributed by atoms with van der Waals surface area (Å²) in [4.78, 5) is 12.4. The van der Waals surface area contributed by atoms with Gasteiger partial charge < -0.3 is 9.88 Å². The first-order valence-electron chi connectivity index (χ1n) is 10.2. The second kappa shape index (κ2) is 9.27. The van der Waals surface area contributed by atoms with Crippen molar-refractivity contribution in [2.75, 3.05) is 11.1 Å². The molecule has 1 aliphatic carbocycles. The van der Waals surface area contributed by atoms with Crippen LogP contribution in [0.4, 0.5) is 5.69 Å². The summed E-state index contributed by atoms with van der Waals surface area (Å²) in [6.45, 7) is 2.00. The first-order chi connectivity index (χ1) is 14.2. The van der Waals surface area contributed by atoms with Crippen LogP contribution < -0.4 is 5.32 Å². The Hall–Kier alpha value is -2.60. The van der Waals surface area contributed by atoms with Crippen LogP contribution in [0.1, 0.15) is 44.0 Å². The van der Waals surface area contributed by atoms with Crippen LogP contribution >= 0.6 is 11.8 Å². The van der Waals surface area contributed by atoms with Gasteiger partial charge in [0.05, 0.1) is 5.75 Å². The first kappa shape index (κ1) is 19.7. The van der Waals surface area contributed by atoms with Crippen LogP contribution in [0, 0.1) is 6.92 Å². The van der Waals surface area contributed by atoms with Gasteiger partial charge in [0.2, 0.25) is 5.91 Å². The van der Waals surface area contributed by atoms with Crippen molar-refractivity contribution in [3.05, 3.63) is 60.4 Å². The fraction of sp³-hybridized carbons (Fsp3) is 0.348. The van der Waals surface area contributed by atoms with E-state index in [1.807, 2.05) is 49.4 Å². The number of carbonyl (C=O) groups is 1. The third kappa shape index (κ3) is 4.88. The van der Waals surface area contributed by atoms with Crippen molar-refractivity contribution in [3.63, 3.8) is 0 Å². The number of nitrogens with one attached hydrogen (secondary N) is 1. The van der Waals surface area contributed by atoms with Crippen molar-refractivity contribution in [1.29, 1.82) is 0 Å². The molecule has 0 radical (unpaired) electrons. The molecule has 1 fully saturated rings. The van der Waals surface area contributed by atoms with Gasteiger partial charge in [0.15, 0.2) is 5.16 Å². The number of amides is 1. The Balaban J connectivity index is 1.35. The number of anilines is 1. The van der Waals surface area contributed by atoms with Crippen LogP contribution in [-0.2, 0) is 4.79 Å². The molecular weight excluding hydrogens is 380 g/mol. The summed E-state index contributed by atoms with van der Waals surface area (Å²) in [5, 5.41) is 12.4. The lowest BCUT2D eigenvalue weighted by Gasteiger charge is -2.24. The zero-order valence-electron chi connectivity index (χ0n) is 16.7. The third-order valence-corrected chi connectivity index (χ3v) is 6.33. The molecule has 6 heteroatoms. The molecule has 0 aliphatic heterocycles. The van der Waals surface area contributed by atoms with Crippen LogP contribution in [0.3, 0.4) is 0 Å². The number of thioether (sulfide) groups is 1. The molecule has 3 aromatic rings. The van der Waals surface area contributed by atoms with Gasteiger partial charge in [-0.1, -0.05) is 73.5 Å². The van der Waals surface area contributed by atoms with Crippen LogP contribution in [0.5, 0.6) is 0 Å². The topological polar surface area (TPSA) is 59.8 Å². The van der Waals surface area contributed by atoms with E-state index >= 15 is 0 Å². The van der Waals surface area contributed by atoms with Gasteiger partial charge in [0.25, 0.3) is 0 Å². The molecule has 1 heterocycles. The quantitative estimate of drug-likeness (QED) is 0.550. The molecule has 0 saturated heterocycles. The molecule has 1 saturated carbocycles. The van der Waals surface area contributed by atoms with Crippen LogP contribution in [0.2, 0.25) is 0 Å². The molecule has 1 aromatic heterocycles. The van der Waals surface area contributed by atoms with E-state index in [2.05, 4.69) is 32.2 Å². The van der Waals surface area contributed by atoms with Gasteiger partial charge in [-0.3, -0.25) is 4.79 Å². The Morgan fingerprint density at radius 3 is 2.41 bits per heavy atom. The SMILES string of the molecule is Cc1nnc(SCC(=O)Nc2ccc(-c3ccccc3)cc2)n1C1CCCCC1. The maximum absolute atomic E-state index is 12.4. The second-order valence-electron chi connectivity index (χ2n) is 7.47. The molecule has 0 bridgehead atoms.